The lowest BCUT2D eigenvalue weighted by atomic mass is 10.2. The van der Waals surface area contributed by atoms with Gasteiger partial charge in [-0.25, -0.2) is 0 Å². The van der Waals surface area contributed by atoms with Gasteiger partial charge in [-0.1, -0.05) is 47.4 Å². The molecule has 1 N–H and O–H groups in total. The molecule has 3 rings (SSSR count). The van der Waals surface area contributed by atoms with E-state index in [2.05, 4.69) is 31.4 Å². The van der Waals surface area contributed by atoms with Crippen LogP contribution in [-0.4, -0.2) is 21.0 Å². The number of nitrogens with zero attached hydrogens (tertiary/aromatic N) is 3. The van der Waals surface area contributed by atoms with Crippen LogP contribution in [0.25, 0.3) is 0 Å². The largest absolute Gasteiger partial charge is 0.296 e. The first-order valence-corrected chi connectivity index (χ1v) is 9.88. The number of benzene rings is 2. The fraction of sp³-hybridized carbons (Fsp3) is 0.0625. The highest BCUT2D eigenvalue weighted by Crippen LogP contribution is 2.29. The molecule has 0 aliphatic heterocycles. The summed E-state index contributed by atoms with van der Waals surface area (Å²) in [4.78, 5) is 22.5. The summed E-state index contributed by atoms with van der Waals surface area (Å²) >= 11 is 6.06. The third kappa shape index (κ3) is 4.65. The van der Waals surface area contributed by atoms with Crippen molar-refractivity contribution in [1.29, 1.82) is 0 Å². The van der Waals surface area contributed by atoms with Crippen molar-refractivity contribution < 1.29 is 9.72 Å². The third-order valence-corrected chi connectivity index (χ3v) is 5.99. The number of anilines is 1. The van der Waals surface area contributed by atoms with Crippen molar-refractivity contribution in [2.75, 3.05) is 5.32 Å². The average molecular weight is 451 g/mol. The summed E-state index contributed by atoms with van der Waals surface area (Å²) in [5, 5.41) is 21.8. The normalized spacial score (nSPS) is 10.5. The second-order valence-corrected chi connectivity index (χ2v) is 8.07. The van der Waals surface area contributed by atoms with E-state index in [0.717, 1.165) is 5.56 Å². The summed E-state index contributed by atoms with van der Waals surface area (Å²) in [6, 6.07) is 13.5. The van der Waals surface area contributed by atoms with Crippen molar-refractivity contribution in [3.63, 3.8) is 0 Å². The van der Waals surface area contributed by atoms with Gasteiger partial charge in [-0.3, -0.25) is 20.2 Å². The van der Waals surface area contributed by atoms with Crippen LogP contribution in [0.15, 0.2) is 57.3 Å². The van der Waals surface area contributed by atoms with Gasteiger partial charge < -0.3 is 0 Å². The lowest BCUT2D eigenvalue weighted by Crippen LogP contribution is -2.12. The molecule has 1 aromatic heterocycles. The van der Waals surface area contributed by atoms with Gasteiger partial charge in [0, 0.05) is 22.4 Å². The van der Waals surface area contributed by atoms with Crippen LogP contribution in [0.3, 0.4) is 0 Å². The molecule has 2 aromatic carbocycles. The van der Waals surface area contributed by atoms with Crippen LogP contribution in [-0.2, 0) is 5.75 Å². The second-order valence-electron chi connectivity index (χ2n) is 5.02. The minimum absolute atomic E-state index is 0.0618. The number of non-ortho nitro benzene ring substituents is 1. The number of carbonyl (C=O) groups is 1. The van der Waals surface area contributed by atoms with E-state index in [-0.39, 0.29) is 11.6 Å². The number of nitro benzene ring substituents is 1. The van der Waals surface area contributed by atoms with Crippen molar-refractivity contribution in [3.05, 3.63) is 74.2 Å². The minimum atomic E-state index is -0.429. The van der Waals surface area contributed by atoms with Crippen LogP contribution < -0.4 is 5.32 Å². The number of rotatable bonds is 6. The van der Waals surface area contributed by atoms with Crippen LogP contribution in [0.1, 0.15) is 15.9 Å². The Morgan fingerprint density at radius 1 is 1.19 bits per heavy atom. The molecule has 7 nitrogen and oxygen atoms in total. The lowest BCUT2D eigenvalue weighted by Gasteiger charge is -2.02. The van der Waals surface area contributed by atoms with Crippen molar-refractivity contribution in [2.45, 2.75) is 10.1 Å². The Bertz CT molecular complexity index is 947. The molecule has 0 unspecified atom stereocenters. The molecule has 1 amide bonds. The van der Waals surface area contributed by atoms with Crippen LogP contribution in [0, 0.1) is 10.1 Å². The maximum Gasteiger partial charge on any atom is 0.269 e. The zero-order valence-corrected chi connectivity index (χ0v) is 16.3. The number of hydrogen-bond donors (Lipinski definition) is 1. The van der Waals surface area contributed by atoms with E-state index in [9.17, 15) is 14.9 Å². The fourth-order valence-corrected chi connectivity index (χ4v) is 4.16. The summed E-state index contributed by atoms with van der Waals surface area (Å²) in [5.74, 6) is 0.339. The van der Waals surface area contributed by atoms with Gasteiger partial charge in [-0.05, 0) is 33.6 Å². The van der Waals surface area contributed by atoms with Gasteiger partial charge in [0.25, 0.3) is 11.6 Å². The number of hydrogen-bond acceptors (Lipinski definition) is 7. The molecule has 0 fully saturated rings. The van der Waals surface area contributed by atoms with Crippen LogP contribution in [0.2, 0.25) is 0 Å². The number of amides is 1. The molecule has 0 radical (unpaired) electrons. The van der Waals surface area contributed by atoms with E-state index in [1.54, 1.807) is 30.3 Å². The van der Waals surface area contributed by atoms with Crippen LogP contribution in [0.5, 0.6) is 0 Å². The van der Waals surface area contributed by atoms with Gasteiger partial charge in [-0.2, -0.15) is 0 Å². The Balaban J connectivity index is 1.58. The van der Waals surface area contributed by atoms with Gasteiger partial charge in [0.2, 0.25) is 5.13 Å². The van der Waals surface area contributed by atoms with Gasteiger partial charge in [0.1, 0.15) is 0 Å². The highest BCUT2D eigenvalue weighted by Gasteiger charge is 2.13. The minimum Gasteiger partial charge on any atom is -0.296 e. The summed E-state index contributed by atoms with van der Waals surface area (Å²) in [5.41, 5.74) is 1.52. The number of thioether (sulfide) groups is 1. The number of nitro groups is 1. The summed E-state index contributed by atoms with van der Waals surface area (Å²) in [6.45, 7) is 0. The predicted molar refractivity (Wildman–Crippen MR) is 105 cm³/mol. The van der Waals surface area contributed by atoms with Crippen molar-refractivity contribution >= 4 is 55.8 Å². The smallest absolute Gasteiger partial charge is 0.269 e. The Morgan fingerprint density at radius 2 is 1.92 bits per heavy atom. The summed E-state index contributed by atoms with van der Waals surface area (Å²) in [7, 11) is 0. The molecule has 0 spiro atoms. The van der Waals surface area contributed by atoms with Gasteiger partial charge in [0.15, 0.2) is 4.34 Å². The van der Waals surface area contributed by atoms with E-state index in [1.807, 2.05) is 6.07 Å². The molecule has 3 aromatic rings. The standard InChI is InChI=1S/C16H11BrN4O3S2/c17-13-4-2-1-3-12(13)14(22)18-15-19-20-16(26-15)25-9-10-5-7-11(8-6-10)21(23)24/h1-8H,9H2,(H,18,19,22). The maximum absolute atomic E-state index is 12.2. The number of carbonyl (C=O) groups excluding carboxylic acids is 1. The lowest BCUT2D eigenvalue weighted by molar-refractivity contribution is -0.384. The molecule has 1 heterocycles. The highest BCUT2D eigenvalue weighted by molar-refractivity contribution is 9.10. The first kappa shape index (κ1) is 18.5. The van der Waals surface area contributed by atoms with E-state index in [4.69, 9.17) is 0 Å². The van der Waals surface area contributed by atoms with Crippen LogP contribution >= 0.6 is 39.0 Å². The molecule has 0 bridgehead atoms. The van der Waals surface area contributed by atoms with Crippen molar-refractivity contribution in [2.24, 2.45) is 0 Å². The van der Waals surface area contributed by atoms with E-state index >= 15 is 0 Å². The van der Waals surface area contributed by atoms with Gasteiger partial charge in [0.05, 0.1) is 10.5 Å². The first-order chi connectivity index (χ1) is 12.5. The Labute approximate surface area is 165 Å². The molecule has 0 saturated heterocycles. The summed E-state index contributed by atoms with van der Waals surface area (Å²) < 4.78 is 1.40. The molecular formula is C16H11BrN4O3S2. The van der Waals surface area contributed by atoms with E-state index < -0.39 is 4.92 Å². The molecular weight excluding hydrogens is 440 g/mol. The molecule has 0 aliphatic carbocycles. The Morgan fingerprint density at radius 3 is 2.62 bits per heavy atom. The predicted octanol–water partition coefficient (Wildman–Crippen LogP) is 4.75. The number of aromatic nitrogens is 2. The zero-order chi connectivity index (χ0) is 18.5. The molecule has 26 heavy (non-hydrogen) atoms. The van der Waals surface area contributed by atoms with E-state index in [0.29, 0.717) is 25.3 Å². The number of nitrogens with one attached hydrogen (secondary N) is 1. The average Bonchev–Trinajstić information content (AvgIpc) is 3.08. The van der Waals surface area contributed by atoms with Crippen molar-refractivity contribution in [1.82, 2.24) is 10.2 Å². The Hall–Kier alpha value is -2.30. The summed E-state index contributed by atoms with van der Waals surface area (Å²) in [6.07, 6.45) is 0. The van der Waals surface area contributed by atoms with E-state index in [1.165, 1.54) is 35.2 Å². The zero-order valence-electron chi connectivity index (χ0n) is 13.1. The quantitative estimate of drug-likeness (QED) is 0.251. The molecule has 10 heteroatoms. The molecule has 132 valence electrons. The van der Waals surface area contributed by atoms with Gasteiger partial charge >= 0.3 is 0 Å². The second kappa shape index (κ2) is 8.39. The highest BCUT2D eigenvalue weighted by atomic mass is 79.9. The maximum atomic E-state index is 12.2. The molecule has 0 aliphatic rings. The SMILES string of the molecule is O=C(Nc1nnc(SCc2ccc([N+](=O)[O-])cc2)s1)c1ccccc1Br. The molecule has 0 saturated carbocycles. The third-order valence-electron chi connectivity index (χ3n) is 3.25. The Kier molecular flexibility index (Phi) is 5.96. The van der Waals surface area contributed by atoms with Gasteiger partial charge in [-0.15, -0.1) is 10.2 Å². The monoisotopic (exact) mass is 450 g/mol. The number of halogens is 1. The molecule has 0 atom stereocenters. The first-order valence-electron chi connectivity index (χ1n) is 7.28. The fourth-order valence-electron chi connectivity index (χ4n) is 1.99. The van der Waals surface area contributed by atoms with Crippen molar-refractivity contribution in [3.8, 4) is 0 Å². The topological polar surface area (TPSA) is 98.0 Å². The van der Waals surface area contributed by atoms with Crippen LogP contribution in [0.4, 0.5) is 10.8 Å².